The molecule has 0 aliphatic rings. The predicted molar refractivity (Wildman–Crippen MR) is 106 cm³/mol. The van der Waals surface area contributed by atoms with E-state index in [4.69, 9.17) is 4.74 Å². The van der Waals surface area contributed by atoms with Gasteiger partial charge in [0, 0.05) is 25.7 Å². The third-order valence-electron chi connectivity index (χ3n) is 4.00. The van der Waals surface area contributed by atoms with E-state index in [9.17, 15) is 4.79 Å². The highest BCUT2D eigenvalue weighted by Crippen LogP contribution is 2.29. The van der Waals surface area contributed by atoms with Gasteiger partial charge in [-0.05, 0) is 36.4 Å². The summed E-state index contributed by atoms with van der Waals surface area (Å²) in [4.78, 5) is 14.4. The molecule has 0 fully saturated rings. The lowest BCUT2D eigenvalue weighted by molar-refractivity contribution is -0.116. The van der Waals surface area contributed by atoms with Crippen molar-refractivity contribution in [1.82, 2.24) is 0 Å². The fourth-order valence-corrected chi connectivity index (χ4v) is 2.57. The van der Waals surface area contributed by atoms with Crippen molar-refractivity contribution in [2.75, 3.05) is 23.8 Å². The topological polar surface area (TPSA) is 41.6 Å². The third-order valence-corrected chi connectivity index (χ3v) is 4.00. The molecule has 3 aromatic rings. The molecule has 0 saturated heterocycles. The van der Waals surface area contributed by atoms with Crippen LogP contribution >= 0.6 is 0 Å². The average Bonchev–Trinajstić information content (AvgIpc) is 2.69. The van der Waals surface area contributed by atoms with Gasteiger partial charge < -0.3 is 15.0 Å². The Kier molecular flexibility index (Phi) is 5.88. The Bertz CT molecular complexity index is 835. The number of para-hydroxylation sites is 4. The molecule has 3 rings (SSSR count). The standard InChI is InChI=1S/C22H22N2O2/c1-24(18-10-4-2-5-11-18)17-16-22(25)23-20-14-8-9-15-21(20)26-19-12-6-3-7-13-19/h2-15H,16-17H2,1H3,(H,23,25). The van der Waals surface area contributed by atoms with E-state index in [0.717, 1.165) is 11.4 Å². The van der Waals surface area contributed by atoms with Gasteiger partial charge in [-0.2, -0.15) is 0 Å². The molecular formula is C22H22N2O2. The van der Waals surface area contributed by atoms with E-state index >= 15 is 0 Å². The summed E-state index contributed by atoms with van der Waals surface area (Å²) in [5.74, 6) is 1.32. The minimum absolute atomic E-state index is 0.0445. The van der Waals surface area contributed by atoms with Crippen molar-refractivity contribution in [2.45, 2.75) is 6.42 Å². The first-order valence-electron chi connectivity index (χ1n) is 8.60. The van der Waals surface area contributed by atoms with Crippen LogP contribution in [0.15, 0.2) is 84.9 Å². The number of benzene rings is 3. The van der Waals surface area contributed by atoms with Crippen LogP contribution in [0.5, 0.6) is 11.5 Å². The van der Waals surface area contributed by atoms with E-state index in [2.05, 4.69) is 10.2 Å². The Balaban J connectivity index is 1.59. The summed E-state index contributed by atoms with van der Waals surface area (Å²) >= 11 is 0. The number of carbonyl (C=O) groups excluding carboxylic acids is 1. The number of ether oxygens (including phenoxy) is 1. The van der Waals surface area contributed by atoms with Crippen LogP contribution < -0.4 is 15.0 Å². The summed E-state index contributed by atoms with van der Waals surface area (Å²) in [6.45, 7) is 0.636. The minimum Gasteiger partial charge on any atom is -0.455 e. The lowest BCUT2D eigenvalue weighted by Gasteiger charge is -2.19. The first kappa shape index (κ1) is 17.5. The fraction of sp³-hybridized carbons (Fsp3) is 0.136. The van der Waals surface area contributed by atoms with Crippen LogP contribution in [-0.4, -0.2) is 19.5 Å². The van der Waals surface area contributed by atoms with Crippen LogP contribution in [-0.2, 0) is 4.79 Å². The minimum atomic E-state index is -0.0445. The maximum Gasteiger partial charge on any atom is 0.226 e. The highest BCUT2D eigenvalue weighted by molar-refractivity contribution is 5.92. The molecule has 1 amide bonds. The van der Waals surface area contributed by atoms with Crippen LogP contribution in [0.3, 0.4) is 0 Å². The Morgan fingerprint density at radius 3 is 2.23 bits per heavy atom. The molecule has 0 aliphatic heterocycles. The van der Waals surface area contributed by atoms with Gasteiger partial charge in [0.25, 0.3) is 0 Å². The lowest BCUT2D eigenvalue weighted by atomic mass is 10.2. The Labute approximate surface area is 154 Å². The summed E-state index contributed by atoms with van der Waals surface area (Å²) in [5.41, 5.74) is 1.76. The molecule has 1 N–H and O–H groups in total. The maximum absolute atomic E-state index is 12.4. The average molecular weight is 346 g/mol. The van der Waals surface area contributed by atoms with Gasteiger partial charge in [0.1, 0.15) is 5.75 Å². The second-order valence-electron chi connectivity index (χ2n) is 5.97. The van der Waals surface area contributed by atoms with Crippen molar-refractivity contribution >= 4 is 17.3 Å². The molecular weight excluding hydrogens is 324 g/mol. The number of amides is 1. The largest absolute Gasteiger partial charge is 0.455 e. The number of rotatable bonds is 7. The van der Waals surface area contributed by atoms with Crippen molar-refractivity contribution in [3.05, 3.63) is 84.9 Å². The van der Waals surface area contributed by atoms with Crippen LogP contribution in [0.25, 0.3) is 0 Å². The zero-order valence-corrected chi connectivity index (χ0v) is 14.8. The first-order chi connectivity index (χ1) is 12.7. The van der Waals surface area contributed by atoms with E-state index in [-0.39, 0.29) is 5.91 Å². The van der Waals surface area contributed by atoms with Crippen LogP contribution in [0.4, 0.5) is 11.4 Å². The van der Waals surface area contributed by atoms with Crippen LogP contribution in [0.2, 0.25) is 0 Å². The summed E-state index contributed by atoms with van der Waals surface area (Å²) in [6, 6.07) is 27.0. The van der Waals surface area contributed by atoms with E-state index in [1.807, 2.05) is 92.0 Å². The van der Waals surface area contributed by atoms with E-state index in [0.29, 0.717) is 24.4 Å². The molecule has 0 spiro atoms. The smallest absolute Gasteiger partial charge is 0.226 e. The predicted octanol–water partition coefficient (Wildman–Crippen LogP) is 4.94. The zero-order valence-electron chi connectivity index (χ0n) is 14.8. The number of hydrogen-bond acceptors (Lipinski definition) is 3. The van der Waals surface area contributed by atoms with Crippen LogP contribution in [0, 0.1) is 0 Å². The summed E-state index contributed by atoms with van der Waals surface area (Å²) in [6.07, 6.45) is 0.394. The van der Waals surface area contributed by atoms with Gasteiger partial charge in [0.05, 0.1) is 5.69 Å². The number of nitrogens with one attached hydrogen (secondary N) is 1. The van der Waals surface area contributed by atoms with Crippen molar-refractivity contribution in [3.8, 4) is 11.5 Å². The van der Waals surface area contributed by atoms with E-state index in [1.165, 1.54) is 0 Å². The quantitative estimate of drug-likeness (QED) is 0.658. The normalized spacial score (nSPS) is 10.2. The van der Waals surface area contributed by atoms with Crippen molar-refractivity contribution < 1.29 is 9.53 Å². The molecule has 0 saturated carbocycles. The molecule has 26 heavy (non-hydrogen) atoms. The second kappa shape index (κ2) is 8.72. The van der Waals surface area contributed by atoms with Gasteiger partial charge in [-0.3, -0.25) is 4.79 Å². The van der Waals surface area contributed by atoms with Crippen molar-refractivity contribution in [1.29, 1.82) is 0 Å². The van der Waals surface area contributed by atoms with Crippen LogP contribution in [0.1, 0.15) is 6.42 Å². The Morgan fingerprint density at radius 1 is 0.885 bits per heavy atom. The van der Waals surface area contributed by atoms with Gasteiger partial charge in [-0.15, -0.1) is 0 Å². The third kappa shape index (κ3) is 4.86. The van der Waals surface area contributed by atoms with Gasteiger partial charge in [0.2, 0.25) is 5.91 Å². The molecule has 4 nitrogen and oxygen atoms in total. The lowest BCUT2D eigenvalue weighted by Crippen LogP contribution is -2.23. The second-order valence-corrected chi connectivity index (χ2v) is 5.97. The maximum atomic E-state index is 12.4. The van der Waals surface area contributed by atoms with Crippen molar-refractivity contribution in [3.63, 3.8) is 0 Å². The summed E-state index contributed by atoms with van der Waals surface area (Å²) < 4.78 is 5.88. The summed E-state index contributed by atoms with van der Waals surface area (Å²) in [7, 11) is 1.98. The van der Waals surface area contributed by atoms with Crippen molar-refractivity contribution in [2.24, 2.45) is 0 Å². The molecule has 0 aromatic heterocycles. The van der Waals surface area contributed by atoms with Gasteiger partial charge in [-0.1, -0.05) is 48.5 Å². The summed E-state index contributed by atoms with van der Waals surface area (Å²) in [5, 5.41) is 2.95. The highest BCUT2D eigenvalue weighted by Gasteiger charge is 2.10. The highest BCUT2D eigenvalue weighted by atomic mass is 16.5. The number of carbonyl (C=O) groups is 1. The monoisotopic (exact) mass is 346 g/mol. The molecule has 0 unspecified atom stereocenters. The van der Waals surface area contributed by atoms with E-state index in [1.54, 1.807) is 0 Å². The molecule has 0 aliphatic carbocycles. The van der Waals surface area contributed by atoms with Gasteiger partial charge in [0.15, 0.2) is 5.75 Å². The molecule has 3 aromatic carbocycles. The Hall–Kier alpha value is -3.27. The fourth-order valence-electron chi connectivity index (χ4n) is 2.57. The zero-order chi connectivity index (χ0) is 18.2. The Morgan fingerprint density at radius 2 is 1.50 bits per heavy atom. The molecule has 0 atom stereocenters. The molecule has 0 heterocycles. The van der Waals surface area contributed by atoms with Gasteiger partial charge in [-0.25, -0.2) is 0 Å². The molecule has 0 radical (unpaired) electrons. The first-order valence-corrected chi connectivity index (χ1v) is 8.60. The number of hydrogen-bond donors (Lipinski definition) is 1. The molecule has 4 heteroatoms. The van der Waals surface area contributed by atoms with Gasteiger partial charge >= 0.3 is 0 Å². The van der Waals surface area contributed by atoms with E-state index < -0.39 is 0 Å². The number of nitrogens with zero attached hydrogens (tertiary/aromatic N) is 1. The SMILES string of the molecule is CN(CCC(=O)Nc1ccccc1Oc1ccccc1)c1ccccc1. The number of anilines is 2. The molecule has 132 valence electrons. The molecule has 0 bridgehead atoms.